The van der Waals surface area contributed by atoms with E-state index in [1.54, 1.807) is 32.2 Å². The maximum Gasteiger partial charge on any atom is 0.344 e. The van der Waals surface area contributed by atoms with Gasteiger partial charge < -0.3 is 14.2 Å². The van der Waals surface area contributed by atoms with Crippen LogP contribution in [0.5, 0.6) is 11.5 Å². The van der Waals surface area contributed by atoms with Gasteiger partial charge in [0, 0.05) is 4.47 Å². The lowest BCUT2D eigenvalue weighted by molar-refractivity contribution is -0.149. The van der Waals surface area contributed by atoms with Gasteiger partial charge in [-0.1, -0.05) is 15.9 Å². The smallest absolute Gasteiger partial charge is 0.344 e. The Labute approximate surface area is 161 Å². The molecular formula is C19H21BrN2O4. The van der Waals surface area contributed by atoms with Gasteiger partial charge in [-0.15, -0.1) is 0 Å². The van der Waals surface area contributed by atoms with Crippen LogP contribution in [-0.2, 0) is 9.53 Å². The van der Waals surface area contributed by atoms with Gasteiger partial charge in [0.25, 0.3) is 0 Å². The quantitative estimate of drug-likeness (QED) is 0.393. The molecule has 0 spiro atoms. The molecule has 0 saturated heterocycles. The summed E-state index contributed by atoms with van der Waals surface area (Å²) in [6, 6.07) is 13.0. The van der Waals surface area contributed by atoms with E-state index in [1.807, 2.05) is 30.3 Å². The summed E-state index contributed by atoms with van der Waals surface area (Å²) < 4.78 is 16.8. The van der Waals surface area contributed by atoms with Crippen molar-refractivity contribution in [2.75, 3.05) is 19.1 Å². The van der Waals surface area contributed by atoms with E-state index in [1.165, 1.54) is 7.11 Å². The topological polar surface area (TPSA) is 69.1 Å². The Kier molecular flexibility index (Phi) is 7.47. The van der Waals surface area contributed by atoms with E-state index in [0.717, 1.165) is 15.7 Å². The van der Waals surface area contributed by atoms with Gasteiger partial charge >= 0.3 is 5.97 Å². The number of benzene rings is 2. The van der Waals surface area contributed by atoms with E-state index in [9.17, 15) is 4.79 Å². The molecule has 2 aromatic carbocycles. The zero-order chi connectivity index (χ0) is 18.9. The largest absolute Gasteiger partial charge is 0.493 e. The van der Waals surface area contributed by atoms with E-state index in [4.69, 9.17) is 14.2 Å². The second kappa shape index (κ2) is 9.82. The number of carbonyl (C=O) groups is 1. The fourth-order valence-electron chi connectivity index (χ4n) is 2.02. The van der Waals surface area contributed by atoms with Gasteiger partial charge in [-0.3, -0.25) is 5.43 Å². The van der Waals surface area contributed by atoms with Crippen LogP contribution >= 0.6 is 15.9 Å². The third-order valence-corrected chi connectivity index (χ3v) is 3.68. The number of halogens is 1. The SMILES string of the molecule is COc1cc(/C=N/Nc2ccc(Br)cc2)ccc1OCC(=O)OC(C)C. The van der Waals surface area contributed by atoms with Gasteiger partial charge in [0.15, 0.2) is 18.1 Å². The van der Waals surface area contributed by atoms with Crippen LogP contribution in [0, 0.1) is 0 Å². The monoisotopic (exact) mass is 420 g/mol. The maximum absolute atomic E-state index is 11.6. The van der Waals surface area contributed by atoms with Crippen molar-refractivity contribution in [3.8, 4) is 11.5 Å². The molecule has 2 aromatic rings. The van der Waals surface area contributed by atoms with Gasteiger partial charge in [-0.05, 0) is 61.9 Å². The summed E-state index contributed by atoms with van der Waals surface area (Å²) in [5.41, 5.74) is 4.64. The third-order valence-electron chi connectivity index (χ3n) is 3.15. The van der Waals surface area contributed by atoms with Crippen LogP contribution in [-0.4, -0.2) is 32.0 Å². The number of rotatable bonds is 8. The predicted molar refractivity (Wildman–Crippen MR) is 105 cm³/mol. The summed E-state index contributed by atoms with van der Waals surface area (Å²) in [4.78, 5) is 11.6. The Bertz CT molecular complexity index is 761. The van der Waals surface area contributed by atoms with Crippen molar-refractivity contribution in [1.29, 1.82) is 0 Å². The first-order chi connectivity index (χ1) is 12.5. The van der Waals surface area contributed by atoms with Crippen molar-refractivity contribution in [3.05, 3.63) is 52.5 Å². The minimum atomic E-state index is -0.425. The lowest BCUT2D eigenvalue weighted by atomic mass is 10.2. The number of hydrazone groups is 1. The first kappa shape index (κ1) is 19.8. The average molecular weight is 421 g/mol. The van der Waals surface area contributed by atoms with Crippen molar-refractivity contribution in [2.24, 2.45) is 5.10 Å². The molecule has 7 heteroatoms. The van der Waals surface area contributed by atoms with Gasteiger partial charge in [0.05, 0.1) is 25.1 Å². The number of hydrogen-bond donors (Lipinski definition) is 1. The fourth-order valence-corrected chi connectivity index (χ4v) is 2.29. The molecule has 6 nitrogen and oxygen atoms in total. The van der Waals surface area contributed by atoms with Crippen molar-refractivity contribution >= 4 is 33.8 Å². The number of ether oxygens (including phenoxy) is 3. The summed E-state index contributed by atoms with van der Waals surface area (Å²) in [6.07, 6.45) is 1.49. The van der Waals surface area contributed by atoms with Crippen molar-refractivity contribution in [2.45, 2.75) is 20.0 Å². The number of anilines is 1. The normalized spacial score (nSPS) is 10.8. The van der Waals surface area contributed by atoms with Crippen LogP contribution in [0.3, 0.4) is 0 Å². The number of esters is 1. The van der Waals surface area contributed by atoms with E-state index in [0.29, 0.717) is 11.5 Å². The molecule has 0 aromatic heterocycles. The molecule has 1 N–H and O–H groups in total. The zero-order valence-corrected chi connectivity index (χ0v) is 16.4. The standard InChI is InChI=1S/C19H21BrN2O4/c1-13(2)26-19(23)12-25-17-9-4-14(10-18(17)24-3)11-21-22-16-7-5-15(20)6-8-16/h4-11,13,22H,12H2,1-3H3/b21-11+. The van der Waals surface area contributed by atoms with Gasteiger partial charge in [-0.2, -0.15) is 5.10 Å². The van der Waals surface area contributed by atoms with Crippen molar-refractivity contribution < 1.29 is 19.0 Å². The molecule has 0 aliphatic rings. The van der Waals surface area contributed by atoms with E-state index in [-0.39, 0.29) is 12.7 Å². The molecule has 0 aliphatic heterocycles. The van der Waals surface area contributed by atoms with Crippen molar-refractivity contribution in [3.63, 3.8) is 0 Å². The lowest BCUT2D eigenvalue weighted by Gasteiger charge is -2.12. The Balaban J connectivity index is 1.97. The van der Waals surface area contributed by atoms with E-state index >= 15 is 0 Å². The molecule has 138 valence electrons. The minimum Gasteiger partial charge on any atom is -0.493 e. The Hall–Kier alpha value is -2.54. The molecule has 0 amide bonds. The highest BCUT2D eigenvalue weighted by molar-refractivity contribution is 9.10. The fraction of sp³-hybridized carbons (Fsp3) is 0.263. The number of methoxy groups -OCH3 is 1. The molecule has 0 atom stereocenters. The first-order valence-electron chi connectivity index (χ1n) is 8.03. The minimum absolute atomic E-state index is 0.174. The number of carbonyl (C=O) groups excluding carboxylic acids is 1. The van der Waals surface area contributed by atoms with Gasteiger partial charge in [0.1, 0.15) is 0 Å². The van der Waals surface area contributed by atoms with Crippen LogP contribution < -0.4 is 14.9 Å². The Morgan fingerprint density at radius 2 is 1.92 bits per heavy atom. The number of hydrogen-bond acceptors (Lipinski definition) is 6. The summed E-state index contributed by atoms with van der Waals surface area (Å²) in [5.74, 6) is 0.549. The molecule has 26 heavy (non-hydrogen) atoms. The summed E-state index contributed by atoms with van der Waals surface area (Å²) >= 11 is 3.39. The summed E-state index contributed by atoms with van der Waals surface area (Å²) in [7, 11) is 1.54. The summed E-state index contributed by atoms with van der Waals surface area (Å²) in [6.45, 7) is 3.40. The van der Waals surface area contributed by atoms with Crippen LogP contribution in [0.15, 0.2) is 52.0 Å². The highest BCUT2D eigenvalue weighted by Gasteiger charge is 2.10. The molecule has 0 aliphatic carbocycles. The van der Waals surface area contributed by atoms with Crippen molar-refractivity contribution in [1.82, 2.24) is 0 Å². The molecule has 2 rings (SSSR count). The van der Waals surface area contributed by atoms with Gasteiger partial charge in [-0.25, -0.2) is 4.79 Å². The highest BCUT2D eigenvalue weighted by atomic mass is 79.9. The van der Waals surface area contributed by atoms with Crippen LogP contribution in [0.25, 0.3) is 0 Å². The average Bonchev–Trinajstić information content (AvgIpc) is 2.61. The molecule has 0 fully saturated rings. The van der Waals surface area contributed by atoms with Crippen LogP contribution in [0.2, 0.25) is 0 Å². The second-order valence-electron chi connectivity index (χ2n) is 5.61. The molecule has 0 saturated carbocycles. The predicted octanol–water partition coefficient (Wildman–Crippen LogP) is 4.23. The van der Waals surface area contributed by atoms with E-state index < -0.39 is 5.97 Å². The van der Waals surface area contributed by atoms with Crippen LogP contribution in [0.1, 0.15) is 19.4 Å². The molecule has 0 unspecified atom stereocenters. The Morgan fingerprint density at radius 1 is 1.19 bits per heavy atom. The molecule has 0 radical (unpaired) electrons. The van der Waals surface area contributed by atoms with Crippen LogP contribution in [0.4, 0.5) is 5.69 Å². The third kappa shape index (κ3) is 6.40. The van der Waals surface area contributed by atoms with Gasteiger partial charge in [0.2, 0.25) is 0 Å². The zero-order valence-electron chi connectivity index (χ0n) is 14.9. The Morgan fingerprint density at radius 3 is 2.58 bits per heavy atom. The summed E-state index contributed by atoms with van der Waals surface area (Å²) in [5, 5.41) is 4.19. The lowest BCUT2D eigenvalue weighted by Crippen LogP contribution is -2.18. The highest BCUT2D eigenvalue weighted by Crippen LogP contribution is 2.27. The molecule has 0 bridgehead atoms. The first-order valence-corrected chi connectivity index (χ1v) is 8.82. The molecule has 0 heterocycles. The number of nitrogens with zero attached hydrogens (tertiary/aromatic N) is 1. The maximum atomic E-state index is 11.6. The van der Waals surface area contributed by atoms with E-state index in [2.05, 4.69) is 26.5 Å². The number of nitrogens with one attached hydrogen (secondary N) is 1. The second-order valence-corrected chi connectivity index (χ2v) is 6.53. The molecular weight excluding hydrogens is 400 g/mol.